The average Bonchev–Trinajstić information content (AvgIpc) is 3.01. The first kappa shape index (κ1) is 37.5. The predicted octanol–water partition coefficient (Wildman–Crippen LogP) is 4.86. The average molecular weight is 707 g/mol. The fourth-order valence-corrected chi connectivity index (χ4v) is 7.17. The lowest BCUT2D eigenvalue weighted by molar-refractivity contribution is -0.140. The van der Waals surface area contributed by atoms with Gasteiger partial charge in [-0.2, -0.15) is 0 Å². The van der Waals surface area contributed by atoms with Crippen molar-refractivity contribution in [2.75, 3.05) is 12.4 Å². The van der Waals surface area contributed by atoms with E-state index in [-0.39, 0.29) is 50.5 Å². The van der Waals surface area contributed by atoms with E-state index in [1.165, 1.54) is 48.5 Å². The quantitative estimate of drug-likeness (QED) is 0.179. The van der Waals surface area contributed by atoms with Gasteiger partial charge in [0.2, 0.25) is 21.7 Å². The number of aliphatic carboxylic acids is 1. The number of carbonyl (C=O) groups is 4. The number of carboxylic acid groups (broad SMARTS) is 1. The lowest BCUT2D eigenvalue weighted by atomic mass is 10.0. The number of sulfone groups is 1. The second kappa shape index (κ2) is 17.3. The molecule has 2 atom stereocenters. The van der Waals surface area contributed by atoms with Crippen molar-refractivity contribution in [3.05, 3.63) is 88.7 Å². The number of amides is 2. The molecule has 0 aliphatic carbocycles. The van der Waals surface area contributed by atoms with Crippen LogP contribution in [0.15, 0.2) is 76.5 Å². The second-order valence-corrected chi connectivity index (χ2v) is 14.1. The number of thioether (sulfide) groups is 1. The van der Waals surface area contributed by atoms with E-state index >= 15 is 0 Å². The smallest absolute Gasteiger partial charge is 0.305 e. The highest BCUT2D eigenvalue weighted by atomic mass is 35.5. The van der Waals surface area contributed by atoms with Gasteiger partial charge in [-0.05, 0) is 55.3 Å². The lowest BCUT2D eigenvalue weighted by Crippen LogP contribution is -2.54. The van der Waals surface area contributed by atoms with Gasteiger partial charge >= 0.3 is 5.97 Å². The number of carbonyl (C=O) groups excluding carboxylic acids is 3. The third kappa shape index (κ3) is 10.5. The fraction of sp³-hybridized carbons (Fsp3) is 0.333. The van der Waals surface area contributed by atoms with E-state index < -0.39 is 63.6 Å². The van der Waals surface area contributed by atoms with Crippen molar-refractivity contribution >= 4 is 56.8 Å². The van der Waals surface area contributed by atoms with Gasteiger partial charge in [0.05, 0.1) is 41.0 Å². The van der Waals surface area contributed by atoms with E-state index in [2.05, 4.69) is 10.6 Å². The first-order valence-electron chi connectivity index (χ1n) is 14.6. The van der Waals surface area contributed by atoms with E-state index in [1.807, 2.05) is 0 Å². The van der Waals surface area contributed by atoms with Crippen molar-refractivity contribution in [2.45, 2.75) is 61.2 Å². The highest BCUT2D eigenvalue weighted by molar-refractivity contribution is 7.99. The SMILES string of the molecule is CCOc1ccc(S(=O)(=O)c2ccccc2)cc1CC(=O)N[C@H](C(=O)NC(CC(=O)O)C(=O)CSCc1c(F)cccc1Cl)C(C)C. The number of ether oxygens (including phenoxy) is 1. The van der Waals surface area contributed by atoms with Gasteiger partial charge in [0.15, 0.2) is 5.78 Å². The molecule has 0 aliphatic heterocycles. The van der Waals surface area contributed by atoms with E-state index in [0.29, 0.717) is 5.75 Å². The van der Waals surface area contributed by atoms with Gasteiger partial charge in [0.1, 0.15) is 17.6 Å². The minimum Gasteiger partial charge on any atom is -0.494 e. The third-order valence-electron chi connectivity index (χ3n) is 6.95. The molecule has 0 bridgehead atoms. The van der Waals surface area contributed by atoms with Crippen molar-refractivity contribution in [3.8, 4) is 5.75 Å². The van der Waals surface area contributed by atoms with E-state index in [0.717, 1.165) is 11.8 Å². The number of hydrogen-bond acceptors (Lipinski definition) is 8. The zero-order valence-corrected chi connectivity index (χ0v) is 28.4. The van der Waals surface area contributed by atoms with Crippen LogP contribution in [0, 0.1) is 11.7 Å². The number of Topliss-reactive ketones (excluding diaryl/α,β-unsaturated/α-hetero) is 1. The molecule has 0 spiro atoms. The Morgan fingerprint density at radius 2 is 1.68 bits per heavy atom. The summed E-state index contributed by atoms with van der Waals surface area (Å²) in [6.07, 6.45) is -1.04. The standard InChI is InChI=1S/C33H36ClFN2O8S2/c1-4-45-29-14-13-23(47(43,44)22-9-6-5-7-10-22)15-21(29)16-30(39)37-32(20(2)3)33(42)36-27(17-31(40)41)28(38)19-46-18-24-25(34)11-8-12-26(24)35/h5-15,20,27,32H,4,16-19H2,1-3H3,(H,36,42)(H,37,39)(H,40,41)/t27?,32-/m0/s1. The molecule has 14 heteroatoms. The summed E-state index contributed by atoms with van der Waals surface area (Å²) < 4.78 is 46.1. The molecule has 3 aromatic carbocycles. The third-order valence-corrected chi connectivity index (χ3v) is 10.1. The van der Waals surface area contributed by atoms with Crippen LogP contribution in [-0.4, -0.2) is 61.5 Å². The molecule has 0 saturated carbocycles. The number of halogens is 2. The number of benzene rings is 3. The molecular weight excluding hydrogens is 671 g/mol. The summed E-state index contributed by atoms with van der Waals surface area (Å²) in [4.78, 5) is 51.1. The van der Waals surface area contributed by atoms with Gasteiger partial charge in [-0.25, -0.2) is 12.8 Å². The molecule has 1 unspecified atom stereocenters. The van der Waals surface area contributed by atoms with Crippen LogP contribution in [0.5, 0.6) is 5.75 Å². The van der Waals surface area contributed by atoms with Gasteiger partial charge in [-0.15, -0.1) is 11.8 Å². The lowest BCUT2D eigenvalue weighted by Gasteiger charge is -2.25. The summed E-state index contributed by atoms with van der Waals surface area (Å²) in [7, 11) is -3.90. The maximum Gasteiger partial charge on any atom is 0.305 e. The van der Waals surface area contributed by atoms with Crippen molar-refractivity contribution in [1.82, 2.24) is 10.6 Å². The Kier molecular flexibility index (Phi) is 13.8. The van der Waals surface area contributed by atoms with Crippen molar-refractivity contribution in [1.29, 1.82) is 0 Å². The van der Waals surface area contributed by atoms with Crippen LogP contribution in [0.2, 0.25) is 5.02 Å². The van der Waals surface area contributed by atoms with E-state index in [9.17, 15) is 37.1 Å². The molecule has 0 fully saturated rings. The van der Waals surface area contributed by atoms with Gasteiger partial charge in [0.25, 0.3) is 0 Å². The Morgan fingerprint density at radius 1 is 0.979 bits per heavy atom. The van der Waals surface area contributed by atoms with Crippen LogP contribution in [0.1, 0.15) is 38.3 Å². The van der Waals surface area contributed by atoms with Crippen LogP contribution in [0.25, 0.3) is 0 Å². The molecule has 252 valence electrons. The summed E-state index contributed by atoms with van der Waals surface area (Å²) >= 11 is 7.05. The molecular formula is C33H36ClFN2O8S2. The first-order chi connectivity index (χ1) is 22.2. The van der Waals surface area contributed by atoms with E-state index in [1.54, 1.807) is 39.0 Å². The van der Waals surface area contributed by atoms with Crippen LogP contribution >= 0.6 is 23.4 Å². The van der Waals surface area contributed by atoms with Crippen LogP contribution in [0.3, 0.4) is 0 Å². The molecule has 3 aromatic rings. The monoisotopic (exact) mass is 706 g/mol. The summed E-state index contributed by atoms with van der Waals surface area (Å²) in [5, 5.41) is 14.7. The number of hydrogen-bond donors (Lipinski definition) is 3. The van der Waals surface area contributed by atoms with Gasteiger partial charge in [0, 0.05) is 21.9 Å². The number of ketones is 1. The Balaban J connectivity index is 1.74. The molecule has 47 heavy (non-hydrogen) atoms. The molecule has 0 aliphatic rings. The van der Waals surface area contributed by atoms with Gasteiger partial charge < -0.3 is 20.5 Å². The largest absolute Gasteiger partial charge is 0.494 e. The topological polar surface area (TPSA) is 156 Å². The molecule has 2 amide bonds. The minimum absolute atomic E-state index is 0.0433. The van der Waals surface area contributed by atoms with Gasteiger partial charge in [-0.1, -0.05) is 49.7 Å². The summed E-state index contributed by atoms with van der Waals surface area (Å²) in [5.41, 5.74) is 0.472. The molecule has 3 rings (SSSR count). The first-order valence-corrected chi connectivity index (χ1v) is 17.7. The van der Waals surface area contributed by atoms with Crippen LogP contribution in [-0.2, 0) is 41.2 Å². The Labute approximate surface area is 282 Å². The maximum absolute atomic E-state index is 14.1. The molecule has 0 aromatic heterocycles. The normalized spacial score (nSPS) is 12.6. The Morgan fingerprint density at radius 3 is 2.30 bits per heavy atom. The van der Waals surface area contributed by atoms with E-state index in [4.69, 9.17) is 16.3 Å². The van der Waals surface area contributed by atoms with Crippen molar-refractivity contribution < 1.29 is 41.8 Å². The maximum atomic E-state index is 14.1. The zero-order valence-electron chi connectivity index (χ0n) is 26.0. The zero-order chi connectivity index (χ0) is 34.7. The Bertz CT molecular complexity index is 1680. The highest BCUT2D eigenvalue weighted by Gasteiger charge is 2.30. The van der Waals surface area contributed by atoms with Gasteiger partial charge in [-0.3, -0.25) is 19.2 Å². The molecule has 3 N–H and O–H groups in total. The molecule has 10 nitrogen and oxygen atoms in total. The molecule has 0 saturated heterocycles. The predicted molar refractivity (Wildman–Crippen MR) is 177 cm³/mol. The van der Waals surface area contributed by atoms with Crippen LogP contribution < -0.4 is 15.4 Å². The number of rotatable bonds is 17. The summed E-state index contributed by atoms with van der Waals surface area (Å²) in [5.74, 6) is -4.25. The fourth-order valence-electron chi connectivity index (χ4n) is 4.53. The second-order valence-electron chi connectivity index (χ2n) is 10.8. The summed E-state index contributed by atoms with van der Waals surface area (Å²) in [6, 6.07) is 13.6. The molecule has 0 heterocycles. The highest BCUT2D eigenvalue weighted by Crippen LogP contribution is 2.28. The number of carboxylic acids is 1. The summed E-state index contributed by atoms with van der Waals surface area (Å²) in [6.45, 7) is 5.30. The van der Waals surface area contributed by atoms with Crippen molar-refractivity contribution in [2.24, 2.45) is 5.92 Å². The van der Waals surface area contributed by atoms with Crippen molar-refractivity contribution in [3.63, 3.8) is 0 Å². The Hall–Kier alpha value is -3.94. The van der Waals surface area contributed by atoms with Crippen LogP contribution in [0.4, 0.5) is 4.39 Å². The molecule has 0 radical (unpaired) electrons. The minimum atomic E-state index is -3.90. The number of nitrogens with one attached hydrogen (secondary N) is 2.